The van der Waals surface area contributed by atoms with Crippen molar-refractivity contribution in [1.82, 2.24) is 5.32 Å². The summed E-state index contributed by atoms with van der Waals surface area (Å²) in [5, 5.41) is 2.70. The van der Waals surface area contributed by atoms with Crippen LogP contribution >= 0.6 is 0 Å². The molecule has 2 atom stereocenters. The Kier molecular flexibility index (Phi) is 5.76. The molecule has 0 heterocycles. The van der Waals surface area contributed by atoms with Crippen LogP contribution in [0.5, 0.6) is 5.75 Å². The van der Waals surface area contributed by atoms with Crippen molar-refractivity contribution in [3.8, 4) is 5.75 Å². The minimum atomic E-state index is -0.734. The van der Waals surface area contributed by atoms with E-state index in [0.717, 1.165) is 6.42 Å². The number of amides is 1. The molecule has 1 unspecified atom stereocenters. The van der Waals surface area contributed by atoms with Gasteiger partial charge in [-0.15, -0.1) is 0 Å². The van der Waals surface area contributed by atoms with E-state index in [1.54, 1.807) is 19.9 Å². The molecule has 0 spiro atoms. The predicted molar refractivity (Wildman–Crippen MR) is 72.4 cm³/mol. The molecule has 3 N–H and O–H groups in total. The second-order valence-corrected chi connectivity index (χ2v) is 4.53. The second kappa shape index (κ2) is 7.09. The number of hydrogen-bond acceptors (Lipinski definition) is 3. The van der Waals surface area contributed by atoms with E-state index < -0.39 is 11.9 Å². The molecule has 0 aliphatic carbocycles. The standard InChI is InChI=1S/C14H21FN2O2/c1-4-7-17-14(18)10(3)19-13-6-5-11(9(2)16)8-12(13)15/h5-6,8-10H,4,7,16H2,1-3H3,(H,17,18)/t9-,10?/m1/s1. The Morgan fingerprint density at radius 2 is 2.16 bits per heavy atom. The number of benzene rings is 1. The Labute approximate surface area is 113 Å². The molecule has 0 aliphatic rings. The number of rotatable bonds is 6. The highest BCUT2D eigenvalue weighted by Crippen LogP contribution is 2.22. The van der Waals surface area contributed by atoms with Crippen LogP contribution in [0.25, 0.3) is 0 Å². The van der Waals surface area contributed by atoms with Crippen molar-refractivity contribution in [2.45, 2.75) is 39.3 Å². The fraction of sp³-hybridized carbons (Fsp3) is 0.500. The zero-order valence-electron chi connectivity index (χ0n) is 11.6. The molecule has 1 aromatic carbocycles. The van der Waals surface area contributed by atoms with E-state index in [4.69, 9.17) is 10.5 Å². The zero-order chi connectivity index (χ0) is 14.4. The average Bonchev–Trinajstić information content (AvgIpc) is 2.37. The lowest BCUT2D eigenvalue weighted by Gasteiger charge is -2.16. The smallest absolute Gasteiger partial charge is 0.260 e. The van der Waals surface area contributed by atoms with E-state index in [1.807, 2.05) is 6.92 Å². The normalized spacial score (nSPS) is 13.7. The topological polar surface area (TPSA) is 64.3 Å². The minimum absolute atomic E-state index is 0.0588. The van der Waals surface area contributed by atoms with Crippen molar-refractivity contribution in [2.75, 3.05) is 6.54 Å². The maximum absolute atomic E-state index is 13.8. The van der Waals surface area contributed by atoms with Crippen LogP contribution in [0.4, 0.5) is 4.39 Å². The van der Waals surface area contributed by atoms with Crippen molar-refractivity contribution in [3.63, 3.8) is 0 Å². The van der Waals surface area contributed by atoms with Crippen LogP contribution in [-0.4, -0.2) is 18.6 Å². The van der Waals surface area contributed by atoms with Gasteiger partial charge in [-0.3, -0.25) is 4.79 Å². The van der Waals surface area contributed by atoms with Crippen LogP contribution in [0.1, 0.15) is 38.8 Å². The molecule has 1 rings (SSSR count). The van der Waals surface area contributed by atoms with Gasteiger partial charge < -0.3 is 15.8 Å². The third-order valence-electron chi connectivity index (χ3n) is 2.70. The van der Waals surface area contributed by atoms with Crippen LogP contribution in [-0.2, 0) is 4.79 Å². The number of nitrogens with two attached hydrogens (primary N) is 1. The van der Waals surface area contributed by atoms with E-state index >= 15 is 0 Å². The molecule has 0 saturated carbocycles. The summed E-state index contributed by atoms with van der Waals surface area (Å²) in [7, 11) is 0. The van der Waals surface area contributed by atoms with Gasteiger partial charge in [0.05, 0.1) is 0 Å². The van der Waals surface area contributed by atoms with Gasteiger partial charge in [-0.1, -0.05) is 13.0 Å². The van der Waals surface area contributed by atoms with Crippen LogP contribution in [0, 0.1) is 5.82 Å². The highest BCUT2D eigenvalue weighted by molar-refractivity contribution is 5.80. The van der Waals surface area contributed by atoms with Gasteiger partial charge in [0, 0.05) is 12.6 Å². The first-order chi connectivity index (χ1) is 8.95. The fourth-order valence-electron chi connectivity index (χ4n) is 1.53. The van der Waals surface area contributed by atoms with Gasteiger partial charge in [0.1, 0.15) is 0 Å². The summed E-state index contributed by atoms with van der Waals surface area (Å²) >= 11 is 0. The predicted octanol–water partition coefficient (Wildman–Crippen LogP) is 2.14. The summed E-state index contributed by atoms with van der Waals surface area (Å²) in [6.45, 7) is 5.90. The highest BCUT2D eigenvalue weighted by Gasteiger charge is 2.16. The molecule has 1 aromatic rings. The maximum atomic E-state index is 13.8. The number of ether oxygens (including phenoxy) is 1. The quantitative estimate of drug-likeness (QED) is 0.830. The molecule has 1 amide bonds. The Hall–Kier alpha value is -1.62. The van der Waals surface area contributed by atoms with E-state index in [1.165, 1.54) is 12.1 Å². The van der Waals surface area contributed by atoms with Crippen molar-refractivity contribution in [3.05, 3.63) is 29.6 Å². The summed E-state index contributed by atoms with van der Waals surface area (Å²) in [5.74, 6) is -0.703. The summed E-state index contributed by atoms with van der Waals surface area (Å²) < 4.78 is 19.1. The number of carbonyl (C=O) groups excluding carboxylic acids is 1. The van der Waals surface area contributed by atoms with Crippen molar-refractivity contribution < 1.29 is 13.9 Å². The zero-order valence-corrected chi connectivity index (χ0v) is 11.6. The van der Waals surface area contributed by atoms with Crippen molar-refractivity contribution >= 4 is 5.91 Å². The van der Waals surface area contributed by atoms with Crippen LogP contribution in [0.2, 0.25) is 0 Å². The number of nitrogens with one attached hydrogen (secondary N) is 1. The first-order valence-corrected chi connectivity index (χ1v) is 6.45. The van der Waals surface area contributed by atoms with Crippen LogP contribution in [0.3, 0.4) is 0 Å². The van der Waals surface area contributed by atoms with Gasteiger partial charge in [-0.25, -0.2) is 4.39 Å². The molecule has 0 saturated heterocycles. The third-order valence-corrected chi connectivity index (χ3v) is 2.70. The van der Waals surface area contributed by atoms with E-state index in [9.17, 15) is 9.18 Å². The lowest BCUT2D eigenvalue weighted by Crippen LogP contribution is -2.36. The number of halogens is 1. The van der Waals surface area contributed by atoms with Crippen LogP contribution < -0.4 is 15.8 Å². The van der Waals surface area contributed by atoms with Crippen molar-refractivity contribution in [1.29, 1.82) is 0 Å². The van der Waals surface area contributed by atoms with Gasteiger partial charge in [0.2, 0.25) is 0 Å². The summed E-state index contributed by atoms with van der Waals surface area (Å²) in [4.78, 5) is 11.6. The first-order valence-electron chi connectivity index (χ1n) is 6.45. The van der Waals surface area contributed by atoms with Gasteiger partial charge in [-0.05, 0) is 38.0 Å². The molecular weight excluding hydrogens is 247 g/mol. The maximum Gasteiger partial charge on any atom is 0.260 e. The average molecular weight is 268 g/mol. The fourth-order valence-corrected chi connectivity index (χ4v) is 1.53. The second-order valence-electron chi connectivity index (χ2n) is 4.53. The molecule has 106 valence electrons. The SMILES string of the molecule is CCCNC(=O)C(C)Oc1ccc([C@@H](C)N)cc1F. The first kappa shape index (κ1) is 15.4. The summed E-state index contributed by atoms with van der Waals surface area (Å²) in [6.07, 6.45) is 0.109. The van der Waals surface area contributed by atoms with Gasteiger partial charge in [0.15, 0.2) is 17.7 Å². The molecule has 5 heteroatoms. The molecule has 0 aromatic heterocycles. The molecule has 0 aliphatic heterocycles. The molecular formula is C14H21FN2O2. The minimum Gasteiger partial charge on any atom is -0.478 e. The number of carbonyl (C=O) groups is 1. The van der Waals surface area contributed by atoms with Crippen LogP contribution in [0.15, 0.2) is 18.2 Å². The Bertz CT molecular complexity index is 435. The Morgan fingerprint density at radius 3 is 2.68 bits per heavy atom. The lowest BCUT2D eigenvalue weighted by atomic mass is 10.1. The molecule has 0 radical (unpaired) electrons. The molecule has 0 bridgehead atoms. The lowest BCUT2D eigenvalue weighted by molar-refractivity contribution is -0.127. The molecule has 19 heavy (non-hydrogen) atoms. The number of hydrogen-bond donors (Lipinski definition) is 2. The third kappa shape index (κ3) is 4.52. The Morgan fingerprint density at radius 1 is 1.47 bits per heavy atom. The van der Waals surface area contributed by atoms with Crippen molar-refractivity contribution in [2.24, 2.45) is 5.73 Å². The van der Waals surface area contributed by atoms with E-state index in [-0.39, 0.29) is 17.7 Å². The van der Waals surface area contributed by atoms with Gasteiger partial charge in [-0.2, -0.15) is 0 Å². The highest BCUT2D eigenvalue weighted by atomic mass is 19.1. The van der Waals surface area contributed by atoms with E-state index in [0.29, 0.717) is 12.1 Å². The Balaban J connectivity index is 2.69. The monoisotopic (exact) mass is 268 g/mol. The molecule has 4 nitrogen and oxygen atoms in total. The van der Waals surface area contributed by atoms with Gasteiger partial charge >= 0.3 is 0 Å². The van der Waals surface area contributed by atoms with Gasteiger partial charge in [0.25, 0.3) is 5.91 Å². The largest absolute Gasteiger partial charge is 0.478 e. The summed E-state index contributed by atoms with van der Waals surface area (Å²) in [6, 6.07) is 4.28. The van der Waals surface area contributed by atoms with E-state index in [2.05, 4.69) is 5.32 Å². The summed E-state index contributed by atoms with van der Waals surface area (Å²) in [5.41, 5.74) is 6.35. The molecule has 0 fully saturated rings.